The average Bonchev–Trinajstić information content (AvgIpc) is 2.81. The summed E-state index contributed by atoms with van der Waals surface area (Å²) in [5.41, 5.74) is 1.27. The number of hydrogen-bond donors (Lipinski definition) is 1. The smallest absolute Gasteiger partial charge is 0.127 e. The van der Waals surface area contributed by atoms with Crippen LogP contribution in [0, 0.1) is 5.92 Å². The van der Waals surface area contributed by atoms with Crippen molar-refractivity contribution in [3.63, 3.8) is 0 Å². The van der Waals surface area contributed by atoms with Gasteiger partial charge in [-0.2, -0.15) is 0 Å². The van der Waals surface area contributed by atoms with Crippen LogP contribution < -0.4 is 14.8 Å². The second kappa shape index (κ2) is 8.28. The van der Waals surface area contributed by atoms with Crippen LogP contribution in [-0.2, 0) is 0 Å². The first kappa shape index (κ1) is 16.2. The first-order valence-electron chi connectivity index (χ1n) is 8.25. The van der Waals surface area contributed by atoms with E-state index < -0.39 is 0 Å². The molecule has 0 amide bonds. The summed E-state index contributed by atoms with van der Waals surface area (Å²) >= 11 is 0. The molecule has 0 radical (unpaired) electrons. The molecule has 1 aromatic carbocycles. The molecule has 1 saturated carbocycles. The summed E-state index contributed by atoms with van der Waals surface area (Å²) in [5, 5.41) is 3.69. The van der Waals surface area contributed by atoms with Gasteiger partial charge in [0.2, 0.25) is 0 Å². The van der Waals surface area contributed by atoms with E-state index in [0.717, 1.165) is 18.0 Å². The maximum absolute atomic E-state index is 5.62. The third-order valence-electron chi connectivity index (χ3n) is 4.57. The first-order valence-corrected chi connectivity index (χ1v) is 8.25. The highest BCUT2D eigenvalue weighted by Crippen LogP contribution is 2.38. The second-order valence-electron chi connectivity index (χ2n) is 5.89. The van der Waals surface area contributed by atoms with Crippen molar-refractivity contribution in [3.8, 4) is 11.5 Å². The van der Waals surface area contributed by atoms with E-state index in [1.807, 2.05) is 12.1 Å². The Bertz CT molecular complexity index is 425. The molecule has 1 atom stereocenters. The molecule has 0 heterocycles. The molecule has 2 rings (SSSR count). The van der Waals surface area contributed by atoms with Crippen molar-refractivity contribution in [1.29, 1.82) is 0 Å². The summed E-state index contributed by atoms with van der Waals surface area (Å²) in [6.45, 7) is 3.16. The summed E-state index contributed by atoms with van der Waals surface area (Å²) in [6.07, 6.45) is 8.10. The van der Waals surface area contributed by atoms with E-state index in [2.05, 4.69) is 18.3 Å². The lowest BCUT2D eigenvalue weighted by molar-refractivity contribution is 0.315. The van der Waals surface area contributed by atoms with E-state index in [1.165, 1.54) is 44.1 Å². The van der Waals surface area contributed by atoms with Crippen molar-refractivity contribution in [2.75, 3.05) is 20.8 Å². The molecule has 3 nitrogen and oxygen atoms in total. The van der Waals surface area contributed by atoms with Crippen molar-refractivity contribution in [2.24, 2.45) is 5.92 Å². The maximum atomic E-state index is 5.62. The molecule has 0 aliphatic heterocycles. The van der Waals surface area contributed by atoms with Crippen molar-refractivity contribution >= 4 is 0 Å². The van der Waals surface area contributed by atoms with Crippen LogP contribution in [0.4, 0.5) is 0 Å². The highest BCUT2D eigenvalue weighted by Gasteiger charge is 2.26. The molecule has 3 heteroatoms. The minimum atomic E-state index is 0.383. The zero-order valence-electron chi connectivity index (χ0n) is 13.7. The zero-order valence-corrected chi connectivity index (χ0v) is 13.7. The summed E-state index contributed by atoms with van der Waals surface area (Å²) < 4.78 is 10.9. The Kier molecular flexibility index (Phi) is 6.37. The van der Waals surface area contributed by atoms with Crippen molar-refractivity contribution < 1.29 is 9.47 Å². The van der Waals surface area contributed by atoms with Crippen LogP contribution in [0.5, 0.6) is 11.5 Å². The van der Waals surface area contributed by atoms with Gasteiger partial charge in [0.05, 0.1) is 14.2 Å². The van der Waals surface area contributed by atoms with Gasteiger partial charge in [-0.1, -0.05) is 38.7 Å². The normalized spacial score (nSPS) is 18.0. The molecule has 0 bridgehead atoms. The lowest BCUT2D eigenvalue weighted by Crippen LogP contribution is -2.28. The van der Waals surface area contributed by atoms with E-state index in [1.54, 1.807) is 14.2 Å². The number of hydrogen-bond acceptors (Lipinski definition) is 3. The predicted molar refractivity (Wildman–Crippen MR) is 87.2 cm³/mol. The monoisotopic (exact) mass is 291 g/mol. The Balaban J connectivity index is 2.27. The Morgan fingerprint density at radius 2 is 1.81 bits per heavy atom. The fraction of sp³-hybridized carbons (Fsp3) is 0.667. The minimum Gasteiger partial charge on any atom is -0.497 e. The van der Waals surface area contributed by atoms with Gasteiger partial charge in [-0.25, -0.2) is 0 Å². The second-order valence-corrected chi connectivity index (χ2v) is 5.89. The van der Waals surface area contributed by atoms with Gasteiger partial charge in [0, 0.05) is 17.7 Å². The third kappa shape index (κ3) is 4.13. The average molecular weight is 291 g/mol. The van der Waals surface area contributed by atoms with Gasteiger partial charge in [-0.15, -0.1) is 0 Å². The molecule has 1 fully saturated rings. The number of ether oxygens (including phenoxy) is 2. The van der Waals surface area contributed by atoms with E-state index in [0.29, 0.717) is 12.0 Å². The predicted octanol–water partition coefficient (Wildman–Crippen LogP) is 4.32. The molecule has 118 valence electrons. The van der Waals surface area contributed by atoms with Crippen molar-refractivity contribution in [3.05, 3.63) is 23.8 Å². The lowest BCUT2D eigenvalue weighted by atomic mass is 9.86. The Labute approximate surface area is 129 Å². The molecule has 1 N–H and O–H groups in total. The van der Waals surface area contributed by atoms with Gasteiger partial charge in [-0.3, -0.25) is 0 Å². The number of benzene rings is 1. The van der Waals surface area contributed by atoms with Gasteiger partial charge in [-0.05, 0) is 31.4 Å². The van der Waals surface area contributed by atoms with E-state index in [9.17, 15) is 0 Å². The van der Waals surface area contributed by atoms with Crippen LogP contribution in [0.3, 0.4) is 0 Å². The van der Waals surface area contributed by atoms with Crippen LogP contribution in [0.1, 0.15) is 57.1 Å². The standard InChI is InChI=1S/C18H29NO2/c1-4-19-18(14-9-7-5-6-8-10-14)16-12-11-15(20-2)13-17(16)21-3/h11-14,18-19H,4-10H2,1-3H3. The van der Waals surface area contributed by atoms with Gasteiger partial charge in [0.25, 0.3) is 0 Å². The molecule has 1 aliphatic rings. The highest BCUT2D eigenvalue weighted by molar-refractivity contribution is 5.42. The minimum absolute atomic E-state index is 0.383. The third-order valence-corrected chi connectivity index (χ3v) is 4.57. The Morgan fingerprint density at radius 3 is 2.38 bits per heavy atom. The Morgan fingerprint density at radius 1 is 1.10 bits per heavy atom. The fourth-order valence-corrected chi connectivity index (χ4v) is 3.47. The Hall–Kier alpha value is -1.22. The topological polar surface area (TPSA) is 30.5 Å². The van der Waals surface area contributed by atoms with Crippen LogP contribution in [-0.4, -0.2) is 20.8 Å². The molecule has 0 saturated heterocycles. The lowest BCUT2D eigenvalue weighted by Gasteiger charge is -2.29. The summed E-state index contributed by atoms with van der Waals surface area (Å²) in [6, 6.07) is 6.58. The van der Waals surface area contributed by atoms with E-state index >= 15 is 0 Å². The first-order chi connectivity index (χ1) is 10.3. The number of rotatable bonds is 6. The van der Waals surface area contributed by atoms with E-state index in [4.69, 9.17) is 9.47 Å². The van der Waals surface area contributed by atoms with Crippen LogP contribution in [0.25, 0.3) is 0 Å². The van der Waals surface area contributed by atoms with Crippen LogP contribution in [0.2, 0.25) is 0 Å². The van der Waals surface area contributed by atoms with Gasteiger partial charge in [0.1, 0.15) is 11.5 Å². The molecule has 0 aromatic heterocycles. The molecule has 0 spiro atoms. The molecular formula is C18H29NO2. The van der Waals surface area contributed by atoms with E-state index in [-0.39, 0.29) is 0 Å². The zero-order chi connectivity index (χ0) is 15.1. The summed E-state index contributed by atoms with van der Waals surface area (Å²) in [5.74, 6) is 2.49. The molecule has 1 aromatic rings. The summed E-state index contributed by atoms with van der Waals surface area (Å²) in [7, 11) is 3.44. The van der Waals surface area contributed by atoms with Crippen molar-refractivity contribution in [1.82, 2.24) is 5.32 Å². The maximum Gasteiger partial charge on any atom is 0.127 e. The molecule has 1 unspecified atom stereocenters. The highest BCUT2D eigenvalue weighted by atomic mass is 16.5. The number of methoxy groups -OCH3 is 2. The SMILES string of the molecule is CCNC(c1ccc(OC)cc1OC)C1CCCCCC1. The number of nitrogens with one attached hydrogen (secondary N) is 1. The fourth-order valence-electron chi connectivity index (χ4n) is 3.47. The van der Waals surface area contributed by atoms with Crippen molar-refractivity contribution in [2.45, 2.75) is 51.5 Å². The summed E-state index contributed by atoms with van der Waals surface area (Å²) in [4.78, 5) is 0. The van der Waals surface area contributed by atoms with Gasteiger partial charge in [0.15, 0.2) is 0 Å². The largest absolute Gasteiger partial charge is 0.497 e. The van der Waals surface area contributed by atoms with Crippen LogP contribution in [0.15, 0.2) is 18.2 Å². The molecule has 1 aliphatic carbocycles. The van der Waals surface area contributed by atoms with Crippen LogP contribution >= 0.6 is 0 Å². The van der Waals surface area contributed by atoms with Gasteiger partial charge < -0.3 is 14.8 Å². The van der Waals surface area contributed by atoms with Gasteiger partial charge >= 0.3 is 0 Å². The molecular weight excluding hydrogens is 262 g/mol. The molecule has 21 heavy (non-hydrogen) atoms. The quantitative estimate of drug-likeness (QED) is 0.792.